The largest absolute Gasteiger partial charge is 0.492 e. The van der Waals surface area contributed by atoms with Gasteiger partial charge >= 0.3 is 0 Å². The summed E-state index contributed by atoms with van der Waals surface area (Å²) in [6.45, 7) is 6.41. The number of carbonyl (C=O) groups excluding carboxylic acids is 1. The molecule has 2 rings (SSSR count). The van der Waals surface area contributed by atoms with E-state index in [9.17, 15) is 4.79 Å². The molecule has 4 nitrogen and oxygen atoms in total. The Labute approximate surface area is 131 Å². The van der Waals surface area contributed by atoms with Crippen molar-refractivity contribution in [2.75, 3.05) is 18.5 Å². The molecule has 0 unspecified atom stereocenters. The van der Waals surface area contributed by atoms with Crippen LogP contribution in [0.15, 0.2) is 42.5 Å². The van der Waals surface area contributed by atoms with Crippen molar-refractivity contribution in [2.24, 2.45) is 0 Å². The van der Waals surface area contributed by atoms with Crippen molar-refractivity contribution in [2.45, 2.75) is 20.8 Å². The number of rotatable bonds is 6. The molecule has 22 heavy (non-hydrogen) atoms. The first-order valence-corrected chi connectivity index (χ1v) is 7.32. The smallest absolute Gasteiger partial charge is 0.262 e. The number of hydrogen-bond acceptors (Lipinski definition) is 3. The molecular formula is C18H21NO3. The van der Waals surface area contributed by atoms with Crippen LogP contribution in [0.1, 0.15) is 18.1 Å². The molecule has 0 aliphatic rings. The zero-order valence-electron chi connectivity index (χ0n) is 13.2. The topological polar surface area (TPSA) is 47.6 Å². The maximum atomic E-state index is 12.0. The summed E-state index contributed by atoms with van der Waals surface area (Å²) in [5.74, 6) is 1.17. The van der Waals surface area contributed by atoms with Gasteiger partial charge in [-0.2, -0.15) is 0 Å². The first-order valence-electron chi connectivity index (χ1n) is 7.32. The zero-order valence-corrected chi connectivity index (χ0v) is 13.2. The molecule has 1 amide bonds. The van der Waals surface area contributed by atoms with Gasteiger partial charge in [0.2, 0.25) is 0 Å². The van der Waals surface area contributed by atoms with Crippen molar-refractivity contribution in [1.29, 1.82) is 0 Å². The molecule has 4 heteroatoms. The van der Waals surface area contributed by atoms with Crippen LogP contribution in [0.3, 0.4) is 0 Å². The fourth-order valence-electron chi connectivity index (χ4n) is 2.06. The Kier molecular flexibility index (Phi) is 5.42. The van der Waals surface area contributed by atoms with E-state index in [-0.39, 0.29) is 12.5 Å². The fourth-order valence-corrected chi connectivity index (χ4v) is 2.06. The van der Waals surface area contributed by atoms with Crippen LogP contribution < -0.4 is 14.8 Å². The lowest BCUT2D eigenvalue weighted by Crippen LogP contribution is -2.21. The van der Waals surface area contributed by atoms with Crippen LogP contribution in [0, 0.1) is 13.8 Å². The molecule has 2 aromatic rings. The third-order valence-corrected chi connectivity index (χ3v) is 3.37. The molecule has 0 fully saturated rings. The highest BCUT2D eigenvalue weighted by molar-refractivity contribution is 5.93. The Hall–Kier alpha value is -2.49. The Bertz CT molecular complexity index is 653. The van der Waals surface area contributed by atoms with E-state index in [4.69, 9.17) is 9.47 Å². The average Bonchev–Trinajstić information content (AvgIpc) is 2.51. The van der Waals surface area contributed by atoms with E-state index < -0.39 is 0 Å². The lowest BCUT2D eigenvalue weighted by molar-refractivity contribution is -0.118. The fraction of sp³-hybridized carbons (Fsp3) is 0.278. The van der Waals surface area contributed by atoms with Crippen LogP contribution in [-0.2, 0) is 4.79 Å². The molecule has 0 aliphatic heterocycles. The number of ether oxygens (including phenoxy) is 2. The van der Waals surface area contributed by atoms with Gasteiger partial charge in [0.15, 0.2) is 6.61 Å². The molecule has 0 aliphatic carbocycles. The van der Waals surface area contributed by atoms with Gasteiger partial charge in [-0.3, -0.25) is 4.79 Å². The van der Waals surface area contributed by atoms with Gasteiger partial charge < -0.3 is 14.8 Å². The molecular weight excluding hydrogens is 278 g/mol. The predicted molar refractivity (Wildman–Crippen MR) is 87.7 cm³/mol. The molecule has 116 valence electrons. The van der Waals surface area contributed by atoms with E-state index in [2.05, 4.69) is 5.32 Å². The van der Waals surface area contributed by atoms with Crippen LogP contribution in [0.2, 0.25) is 0 Å². The molecule has 0 atom stereocenters. The van der Waals surface area contributed by atoms with Crippen LogP contribution in [0.25, 0.3) is 0 Å². The van der Waals surface area contributed by atoms with E-state index in [1.807, 2.05) is 57.2 Å². The average molecular weight is 299 g/mol. The lowest BCUT2D eigenvalue weighted by atomic mass is 10.1. The quantitative estimate of drug-likeness (QED) is 0.884. The van der Waals surface area contributed by atoms with Gasteiger partial charge in [0.1, 0.15) is 11.5 Å². The summed E-state index contributed by atoms with van der Waals surface area (Å²) in [5.41, 5.74) is 2.84. The molecule has 0 heterocycles. The highest BCUT2D eigenvalue weighted by Crippen LogP contribution is 2.24. The standard InChI is InChI=1S/C18H21NO3/c1-4-21-17-10-6-5-9-15(17)19-18(20)12-22-16-11-7-8-13(2)14(16)3/h5-11H,4,12H2,1-3H3,(H,19,20). The predicted octanol–water partition coefficient (Wildman–Crippen LogP) is 3.72. The summed E-state index contributed by atoms with van der Waals surface area (Å²) in [6, 6.07) is 13.1. The molecule has 1 N–H and O–H groups in total. The number of anilines is 1. The monoisotopic (exact) mass is 299 g/mol. The Morgan fingerprint density at radius 2 is 1.73 bits per heavy atom. The second-order valence-corrected chi connectivity index (χ2v) is 4.96. The molecule has 0 aromatic heterocycles. The van der Waals surface area contributed by atoms with E-state index in [0.29, 0.717) is 18.0 Å². The molecule has 0 saturated heterocycles. The van der Waals surface area contributed by atoms with Gasteiger partial charge in [0.05, 0.1) is 12.3 Å². The van der Waals surface area contributed by atoms with Crippen LogP contribution in [-0.4, -0.2) is 19.1 Å². The maximum Gasteiger partial charge on any atom is 0.262 e. The first kappa shape index (κ1) is 15.9. The van der Waals surface area contributed by atoms with E-state index in [1.165, 1.54) is 0 Å². The summed E-state index contributed by atoms with van der Waals surface area (Å²) < 4.78 is 11.1. The Morgan fingerprint density at radius 1 is 1.00 bits per heavy atom. The highest BCUT2D eigenvalue weighted by atomic mass is 16.5. The SMILES string of the molecule is CCOc1ccccc1NC(=O)COc1cccc(C)c1C. The molecule has 0 bridgehead atoms. The van der Waals surface area contributed by atoms with Crippen molar-refractivity contribution in [1.82, 2.24) is 0 Å². The van der Waals surface area contributed by atoms with Crippen LogP contribution in [0.5, 0.6) is 11.5 Å². The number of amides is 1. The number of carbonyl (C=O) groups is 1. The lowest BCUT2D eigenvalue weighted by Gasteiger charge is -2.13. The third-order valence-electron chi connectivity index (χ3n) is 3.37. The number of hydrogen-bond donors (Lipinski definition) is 1. The van der Waals surface area contributed by atoms with Crippen molar-refractivity contribution >= 4 is 11.6 Å². The minimum atomic E-state index is -0.215. The summed E-state index contributed by atoms with van der Waals surface area (Å²) >= 11 is 0. The van der Waals surface area contributed by atoms with Gasteiger partial charge in [0, 0.05) is 0 Å². The minimum absolute atomic E-state index is 0.0370. The first-order chi connectivity index (χ1) is 10.6. The van der Waals surface area contributed by atoms with Crippen molar-refractivity contribution in [3.63, 3.8) is 0 Å². The number of aryl methyl sites for hydroxylation is 1. The number of nitrogens with one attached hydrogen (secondary N) is 1. The normalized spacial score (nSPS) is 10.1. The Morgan fingerprint density at radius 3 is 2.50 bits per heavy atom. The molecule has 0 radical (unpaired) electrons. The summed E-state index contributed by atoms with van der Waals surface area (Å²) in [7, 11) is 0. The van der Waals surface area contributed by atoms with Crippen LogP contribution >= 0.6 is 0 Å². The second-order valence-electron chi connectivity index (χ2n) is 4.96. The molecule has 0 saturated carbocycles. The number of para-hydroxylation sites is 2. The minimum Gasteiger partial charge on any atom is -0.492 e. The van der Waals surface area contributed by atoms with Gasteiger partial charge in [0.25, 0.3) is 5.91 Å². The van der Waals surface area contributed by atoms with Gasteiger partial charge in [-0.15, -0.1) is 0 Å². The second kappa shape index (κ2) is 7.50. The third kappa shape index (κ3) is 4.01. The highest BCUT2D eigenvalue weighted by Gasteiger charge is 2.09. The summed E-state index contributed by atoms with van der Waals surface area (Å²) in [4.78, 5) is 12.0. The van der Waals surface area contributed by atoms with Crippen molar-refractivity contribution in [3.8, 4) is 11.5 Å². The van der Waals surface area contributed by atoms with E-state index in [1.54, 1.807) is 6.07 Å². The van der Waals surface area contributed by atoms with Gasteiger partial charge in [-0.25, -0.2) is 0 Å². The van der Waals surface area contributed by atoms with E-state index >= 15 is 0 Å². The maximum absolute atomic E-state index is 12.0. The number of benzene rings is 2. The summed E-state index contributed by atoms with van der Waals surface area (Å²) in [5, 5.41) is 2.81. The molecule has 0 spiro atoms. The molecule has 2 aromatic carbocycles. The van der Waals surface area contributed by atoms with Crippen molar-refractivity contribution in [3.05, 3.63) is 53.6 Å². The van der Waals surface area contributed by atoms with Crippen molar-refractivity contribution < 1.29 is 14.3 Å². The van der Waals surface area contributed by atoms with E-state index in [0.717, 1.165) is 16.9 Å². The van der Waals surface area contributed by atoms with Gasteiger partial charge in [-0.05, 0) is 50.1 Å². The van der Waals surface area contributed by atoms with Gasteiger partial charge in [-0.1, -0.05) is 24.3 Å². The summed E-state index contributed by atoms with van der Waals surface area (Å²) in [6.07, 6.45) is 0. The zero-order chi connectivity index (χ0) is 15.9. The Balaban J connectivity index is 1.97. The van der Waals surface area contributed by atoms with Crippen LogP contribution in [0.4, 0.5) is 5.69 Å².